The zero-order chi connectivity index (χ0) is 13.1. The molecule has 0 aliphatic heterocycles. The number of hydrogen-bond acceptors (Lipinski definition) is 2. The molecule has 18 heavy (non-hydrogen) atoms. The summed E-state index contributed by atoms with van der Waals surface area (Å²) in [4.78, 5) is 7.58. The van der Waals surface area contributed by atoms with Gasteiger partial charge >= 0.3 is 0 Å². The lowest BCUT2D eigenvalue weighted by atomic mass is 10.2. The minimum absolute atomic E-state index is 0.240. The normalized spacial score (nSPS) is 11.6. The van der Waals surface area contributed by atoms with Gasteiger partial charge in [0.15, 0.2) is 0 Å². The van der Waals surface area contributed by atoms with Crippen LogP contribution in [0.4, 0.5) is 8.78 Å². The summed E-state index contributed by atoms with van der Waals surface area (Å²) in [5.74, 6) is 0.750. The summed E-state index contributed by atoms with van der Waals surface area (Å²) in [5.41, 5.74) is 2.91. The maximum absolute atomic E-state index is 11.9. The van der Waals surface area contributed by atoms with Crippen LogP contribution in [-0.4, -0.2) is 29.6 Å². The van der Waals surface area contributed by atoms with Crippen LogP contribution in [0.15, 0.2) is 16.6 Å². The molecule has 2 rings (SSSR count). The maximum Gasteiger partial charge on any atom is 0.261 e. The van der Waals surface area contributed by atoms with Gasteiger partial charge in [-0.05, 0) is 24.6 Å². The highest BCUT2D eigenvalue weighted by Crippen LogP contribution is 2.22. The Morgan fingerprint density at radius 1 is 1.44 bits per heavy atom. The minimum atomic E-state index is -2.42. The van der Waals surface area contributed by atoms with Gasteiger partial charge in [-0.15, -0.1) is 0 Å². The summed E-state index contributed by atoms with van der Waals surface area (Å²) in [6.45, 7) is 1.69. The van der Waals surface area contributed by atoms with Crippen LogP contribution < -0.4 is 0 Å². The van der Waals surface area contributed by atoms with Crippen molar-refractivity contribution in [3.05, 3.63) is 28.0 Å². The second kappa shape index (κ2) is 5.75. The lowest BCUT2D eigenvalue weighted by Crippen LogP contribution is -2.07. The van der Waals surface area contributed by atoms with Crippen molar-refractivity contribution in [2.24, 2.45) is 0 Å². The molecule has 1 heterocycles. The van der Waals surface area contributed by atoms with Crippen molar-refractivity contribution in [3.8, 4) is 0 Å². The average Bonchev–Trinajstić information content (AvgIpc) is 2.67. The first-order valence-corrected chi connectivity index (χ1v) is 6.36. The topological polar surface area (TPSA) is 37.9 Å². The van der Waals surface area contributed by atoms with Crippen molar-refractivity contribution in [2.45, 2.75) is 19.8 Å². The number of aryl methyl sites for hydroxylation is 1. The molecule has 0 atom stereocenters. The highest BCUT2D eigenvalue weighted by Gasteiger charge is 2.07. The SMILES string of the molecule is Cc1cc(Br)cc2[nH]c(CCOCC(F)F)nc12. The Morgan fingerprint density at radius 2 is 2.22 bits per heavy atom. The molecule has 1 N–H and O–H groups in total. The Hall–Kier alpha value is -1.01. The number of halogens is 3. The fourth-order valence-corrected chi connectivity index (χ4v) is 2.33. The summed E-state index contributed by atoms with van der Waals surface area (Å²) in [6, 6.07) is 3.93. The van der Waals surface area contributed by atoms with Gasteiger partial charge in [0.2, 0.25) is 0 Å². The largest absolute Gasteiger partial charge is 0.375 e. The van der Waals surface area contributed by atoms with E-state index in [2.05, 4.69) is 25.9 Å². The zero-order valence-electron chi connectivity index (χ0n) is 9.84. The van der Waals surface area contributed by atoms with Gasteiger partial charge in [0.25, 0.3) is 6.43 Å². The number of rotatable bonds is 5. The number of alkyl halides is 2. The predicted octanol–water partition coefficient (Wildman–Crippen LogP) is 3.46. The van der Waals surface area contributed by atoms with Crippen LogP contribution in [0.25, 0.3) is 11.0 Å². The zero-order valence-corrected chi connectivity index (χ0v) is 11.4. The number of fused-ring (bicyclic) bond motifs is 1. The van der Waals surface area contributed by atoms with E-state index in [0.29, 0.717) is 6.42 Å². The van der Waals surface area contributed by atoms with Gasteiger partial charge in [-0.3, -0.25) is 0 Å². The van der Waals surface area contributed by atoms with E-state index in [1.807, 2.05) is 19.1 Å². The van der Waals surface area contributed by atoms with E-state index in [9.17, 15) is 8.78 Å². The third kappa shape index (κ3) is 3.26. The van der Waals surface area contributed by atoms with Gasteiger partial charge in [-0.1, -0.05) is 15.9 Å². The van der Waals surface area contributed by atoms with E-state index in [-0.39, 0.29) is 6.61 Å². The lowest BCUT2D eigenvalue weighted by Gasteiger charge is -2.00. The molecule has 0 saturated heterocycles. The molecule has 0 radical (unpaired) electrons. The second-order valence-corrected chi connectivity index (χ2v) is 4.93. The standard InChI is InChI=1S/C12H13BrF2N2O/c1-7-4-8(13)5-9-12(7)17-11(16-9)2-3-18-6-10(14)15/h4-5,10H,2-3,6H2,1H3,(H,16,17). The molecular weight excluding hydrogens is 306 g/mol. The summed E-state index contributed by atoms with van der Waals surface area (Å²) in [7, 11) is 0. The Bertz CT molecular complexity index is 542. The molecule has 0 aliphatic rings. The third-order valence-electron chi connectivity index (χ3n) is 2.52. The molecular formula is C12H13BrF2N2O. The molecule has 2 aromatic rings. The molecule has 0 amide bonds. The number of benzene rings is 1. The Morgan fingerprint density at radius 3 is 2.94 bits per heavy atom. The van der Waals surface area contributed by atoms with Gasteiger partial charge in [0.05, 0.1) is 17.6 Å². The monoisotopic (exact) mass is 318 g/mol. The van der Waals surface area contributed by atoms with Crippen molar-refractivity contribution >= 4 is 27.0 Å². The van der Waals surface area contributed by atoms with Crippen LogP contribution in [0.1, 0.15) is 11.4 Å². The van der Waals surface area contributed by atoms with Gasteiger partial charge in [0, 0.05) is 10.9 Å². The molecule has 0 unspecified atom stereocenters. The molecule has 0 bridgehead atoms. The van der Waals surface area contributed by atoms with Crippen molar-refractivity contribution < 1.29 is 13.5 Å². The average molecular weight is 319 g/mol. The van der Waals surface area contributed by atoms with Gasteiger partial charge in [-0.25, -0.2) is 13.8 Å². The van der Waals surface area contributed by atoms with Crippen molar-refractivity contribution in [1.82, 2.24) is 9.97 Å². The number of imidazole rings is 1. The molecule has 1 aromatic carbocycles. The number of nitrogens with zero attached hydrogens (tertiary/aromatic N) is 1. The van der Waals surface area contributed by atoms with Crippen molar-refractivity contribution in [3.63, 3.8) is 0 Å². The molecule has 98 valence electrons. The maximum atomic E-state index is 11.9. The summed E-state index contributed by atoms with van der Waals surface area (Å²) in [5, 5.41) is 0. The first kappa shape index (κ1) is 13.4. The number of ether oxygens (including phenoxy) is 1. The fourth-order valence-electron chi connectivity index (χ4n) is 1.76. The highest BCUT2D eigenvalue weighted by molar-refractivity contribution is 9.10. The van der Waals surface area contributed by atoms with Crippen LogP contribution in [0.5, 0.6) is 0 Å². The molecule has 0 spiro atoms. The number of hydrogen-bond donors (Lipinski definition) is 1. The molecule has 1 aromatic heterocycles. The number of H-pyrrole nitrogens is 1. The molecule has 0 aliphatic carbocycles. The predicted molar refractivity (Wildman–Crippen MR) is 69.1 cm³/mol. The van der Waals surface area contributed by atoms with Gasteiger partial charge < -0.3 is 9.72 Å². The van der Waals surface area contributed by atoms with E-state index in [4.69, 9.17) is 4.74 Å². The van der Waals surface area contributed by atoms with E-state index < -0.39 is 13.0 Å². The molecule has 3 nitrogen and oxygen atoms in total. The number of aromatic amines is 1. The van der Waals surface area contributed by atoms with Crippen molar-refractivity contribution in [1.29, 1.82) is 0 Å². The smallest absolute Gasteiger partial charge is 0.261 e. The fraction of sp³-hybridized carbons (Fsp3) is 0.417. The van der Waals surface area contributed by atoms with Crippen LogP contribution in [0.3, 0.4) is 0 Å². The van der Waals surface area contributed by atoms with E-state index >= 15 is 0 Å². The van der Waals surface area contributed by atoms with Crippen LogP contribution in [0.2, 0.25) is 0 Å². The Kier molecular flexibility index (Phi) is 4.29. The number of aromatic nitrogens is 2. The van der Waals surface area contributed by atoms with Crippen molar-refractivity contribution in [2.75, 3.05) is 13.2 Å². The summed E-state index contributed by atoms with van der Waals surface area (Å²) in [6.07, 6.45) is -1.92. The molecule has 6 heteroatoms. The minimum Gasteiger partial charge on any atom is -0.375 e. The Balaban J connectivity index is 2.04. The van der Waals surface area contributed by atoms with E-state index in [1.165, 1.54) is 0 Å². The van der Waals surface area contributed by atoms with E-state index in [1.54, 1.807) is 0 Å². The van der Waals surface area contributed by atoms with E-state index in [0.717, 1.165) is 26.9 Å². The van der Waals surface area contributed by atoms with Gasteiger partial charge in [-0.2, -0.15) is 0 Å². The van der Waals surface area contributed by atoms with Crippen LogP contribution in [0, 0.1) is 6.92 Å². The van der Waals surface area contributed by atoms with Gasteiger partial charge in [0.1, 0.15) is 12.4 Å². The first-order chi connectivity index (χ1) is 8.56. The third-order valence-corrected chi connectivity index (χ3v) is 2.98. The Labute approximate surface area is 112 Å². The highest BCUT2D eigenvalue weighted by atomic mass is 79.9. The lowest BCUT2D eigenvalue weighted by molar-refractivity contribution is 0.0183. The number of nitrogens with one attached hydrogen (secondary N) is 1. The molecule has 0 fully saturated rings. The summed E-state index contributed by atoms with van der Waals surface area (Å²) >= 11 is 3.42. The molecule has 0 saturated carbocycles. The summed E-state index contributed by atoms with van der Waals surface area (Å²) < 4.78 is 29.6. The first-order valence-electron chi connectivity index (χ1n) is 5.57. The van der Waals surface area contributed by atoms with Crippen LogP contribution in [-0.2, 0) is 11.2 Å². The quantitative estimate of drug-likeness (QED) is 0.857. The van der Waals surface area contributed by atoms with Crippen LogP contribution >= 0.6 is 15.9 Å². The second-order valence-electron chi connectivity index (χ2n) is 4.02.